The number of aliphatic hydroxyl groups excluding tert-OH is 2. The maximum Gasteiger partial charge on any atom is 0.472 e. The fraction of sp³-hybridized carbons (Fsp3) is 0.705. The number of esters is 3. The summed E-state index contributed by atoms with van der Waals surface area (Å²) < 4.78 is 61.6. The fourth-order valence-corrected chi connectivity index (χ4v) is 15.1. The highest BCUT2D eigenvalue weighted by molar-refractivity contribution is 7.47. The highest BCUT2D eigenvalue weighted by atomic mass is 31.2. The third kappa shape index (κ3) is 97.4. The van der Waals surface area contributed by atoms with Crippen molar-refractivity contribution >= 4 is 33.6 Å². The number of phosphoric acid groups is 2. The zero-order chi connectivity index (χ0) is 89.3. The molecule has 0 aliphatic carbocycles. The lowest BCUT2D eigenvalue weighted by Gasteiger charge is -2.21. The summed E-state index contributed by atoms with van der Waals surface area (Å²) in [6, 6.07) is 0. The van der Waals surface area contributed by atoms with E-state index in [1.165, 1.54) is 180 Å². The van der Waals surface area contributed by atoms with Crippen LogP contribution in [0, 0.1) is 0 Å². The maximum atomic E-state index is 13.1. The van der Waals surface area contributed by atoms with Crippen LogP contribution in [0.1, 0.15) is 419 Å². The standard InChI is InChI=1S/C105H180O16P2/c1-4-7-10-13-16-19-22-25-28-31-34-37-40-42-44-46-47-48-49-50-51-53-55-56-59-61-64-67-70-73-76-79-82-85-88-91-103(108)115-94-100(106)95-117-122(111,112)118-96-101(107)97-119-123(113,114)120-99-102(121-105(110)93-90-87-84-81-78-75-72-69-66-63-58-39-36-33-30-27-24-21-18-15-12-9-6-3)98-116-104(109)92-89-86-83-80-77-74-71-68-65-62-60-57-54-52-45-43-41-38-35-32-29-26-23-20-17-14-11-8-5-2/h8-9,11-12,16-21,25-30,34-39,42-45,63,66,100-102,106-107H,4-7,10,13-15,22-24,31-33,40-41,46-62,64-65,67-99H2,1-3H3,(H,111,112)(H,113,114)/b11-8-,12-9-,19-16-,20-17-,21-18-,28-25-,29-26-,30-27-,37-34-,38-35-,39-36-,44-42-,45-43-,66-63-. The molecule has 706 valence electrons. The molecule has 0 radical (unpaired) electrons. The number of hydrogen-bond acceptors (Lipinski definition) is 14. The predicted octanol–water partition coefficient (Wildman–Crippen LogP) is 31.0. The molecule has 0 bridgehead atoms. The highest BCUT2D eigenvalue weighted by Crippen LogP contribution is 2.45. The first kappa shape index (κ1) is 118. The number of hydrogen-bond donors (Lipinski definition) is 4. The Morgan fingerprint density at radius 3 is 0.683 bits per heavy atom. The van der Waals surface area contributed by atoms with E-state index in [4.69, 9.17) is 32.3 Å². The first-order valence-electron chi connectivity index (χ1n) is 49.4. The Morgan fingerprint density at radius 2 is 0.431 bits per heavy atom. The average molecular weight is 1760 g/mol. The number of rotatable bonds is 93. The lowest BCUT2D eigenvalue weighted by Crippen LogP contribution is -2.30. The molecule has 0 heterocycles. The number of unbranched alkanes of at least 4 members (excludes halogenated alkanes) is 42. The Labute approximate surface area is 752 Å². The summed E-state index contributed by atoms with van der Waals surface area (Å²) in [5.74, 6) is -1.58. The van der Waals surface area contributed by atoms with E-state index in [0.29, 0.717) is 19.3 Å². The molecule has 0 rings (SSSR count). The lowest BCUT2D eigenvalue weighted by molar-refractivity contribution is -0.161. The van der Waals surface area contributed by atoms with Crippen LogP contribution < -0.4 is 0 Å². The first-order chi connectivity index (χ1) is 60.2. The topological polar surface area (TPSA) is 231 Å². The van der Waals surface area contributed by atoms with Crippen molar-refractivity contribution in [2.75, 3.05) is 39.6 Å². The summed E-state index contributed by atoms with van der Waals surface area (Å²) >= 11 is 0. The molecule has 0 aliphatic rings. The van der Waals surface area contributed by atoms with Gasteiger partial charge in [0.2, 0.25) is 0 Å². The fourth-order valence-electron chi connectivity index (χ4n) is 13.5. The largest absolute Gasteiger partial charge is 0.472 e. The highest BCUT2D eigenvalue weighted by Gasteiger charge is 2.30. The van der Waals surface area contributed by atoms with Crippen LogP contribution in [0.25, 0.3) is 0 Å². The van der Waals surface area contributed by atoms with E-state index in [-0.39, 0.29) is 19.3 Å². The lowest BCUT2D eigenvalue weighted by atomic mass is 10.0. The van der Waals surface area contributed by atoms with Crippen molar-refractivity contribution in [3.8, 4) is 0 Å². The summed E-state index contributed by atoms with van der Waals surface area (Å²) in [6.07, 6.45) is 126. The van der Waals surface area contributed by atoms with Gasteiger partial charge in [0.25, 0.3) is 0 Å². The monoisotopic (exact) mass is 1760 g/mol. The Bertz CT molecular complexity index is 2920. The van der Waals surface area contributed by atoms with Gasteiger partial charge in [-0.15, -0.1) is 0 Å². The average Bonchev–Trinajstić information content (AvgIpc) is 0.898. The molecule has 0 fully saturated rings. The van der Waals surface area contributed by atoms with E-state index in [1.807, 2.05) is 0 Å². The number of carbonyl (C=O) groups is 3. The number of allylic oxidation sites excluding steroid dienone is 28. The number of ether oxygens (including phenoxy) is 3. The molecule has 0 spiro atoms. The summed E-state index contributed by atoms with van der Waals surface area (Å²) in [7, 11) is -9.82. The van der Waals surface area contributed by atoms with Crippen LogP contribution in [0.4, 0.5) is 0 Å². The van der Waals surface area contributed by atoms with Gasteiger partial charge in [0.15, 0.2) is 6.10 Å². The van der Waals surface area contributed by atoms with Crippen LogP contribution in [-0.4, -0.2) is 95.9 Å². The molecule has 4 N–H and O–H groups in total. The quantitative estimate of drug-likeness (QED) is 0.0146. The van der Waals surface area contributed by atoms with Crippen molar-refractivity contribution in [3.63, 3.8) is 0 Å². The van der Waals surface area contributed by atoms with Crippen molar-refractivity contribution in [2.45, 2.75) is 437 Å². The number of aliphatic hydroxyl groups is 2. The molecule has 0 saturated carbocycles. The van der Waals surface area contributed by atoms with Crippen LogP contribution in [0.5, 0.6) is 0 Å². The Balaban J connectivity index is 4.55. The normalized spacial score (nSPS) is 14.4. The predicted molar refractivity (Wildman–Crippen MR) is 519 cm³/mol. The molecule has 0 aromatic rings. The Kier molecular flexibility index (Phi) is 92.0. The van der Waals surface area contributed by atoms with Gasteiger partial charge in [-0.05, 0) is 154 Å². The minimum atomic E-state index is -4.95. The van der Waals surface area contributed by atoms with Crippen LogP contribution in [0.15, 0.2) is 170 Å². The molecule has 0 amide bonds. The van der Waals surface area contributed by atoms with Gasteiger partial charge in [-0.2, -0.15) is 0 Å². The molecule has 16 nitrogen and oxygen atoms in total. The van der Waals surface area contributed by atoms with Crippen LogP contribution in [-0.2, 0) is 55.8 Å². The van der Waals surface area contributed by atoms with Gasteiger partial charge in [0.05, 0.1) is 26.4 Å². The third-order valence-electron chi connectivity index (χ3n) is 20.9. The molecule has 5 unspecified atom stereocenters. The van der Waals surface area contributed by atoms with Crippen molar-refractivity contribution in [1.82, 2.24) is 0 Å². The van der Waals surface area contributed by atoms with E-state index < -0.39 is 91.5 Å². The maximum absolute atomic E-state index is 13.1. The second-order valence-electron chi connectivity index (χ2n) is 32.8. The second kappa shape index (κ2) is 96.0. The van der Waals surface area contributed by atoms with Gasteiger partial charge < -0.3 is 34.2 Å². The van der Waals surface area contributed by atoms with Gasteiger partial charge in [-0.1, -0.05) is 416 Å². The molecule has 18 heteroatoms. The van der Waals surface area contributed by atoms with Gasteiger partial charge >= 0.3 is 33.6 Å². The summed E-state index contributed by atoms with van der Waals surface area (Å²) in [6.45, 7) is 2.47. The van der Waals surface area contributed by atoms with Crippen molar-refractivity contribution < 1.29 is 75.8 Å². The zero-order valence-corrected chi connectivity index (χ0v) is 79.9. The SMILES string of the molecule is CC/C=C\C/C=C\C/C=C\C/C=C\C/C=C\CCCCCCCCCCCCCCCC(=O)OCC(COP(=O)(O)OCC(O)COP(=O)(O)OCC(O)COC(=O)CCCCCCCCCCCCCCCCCCCCC/C=C\C/C=C\C/C=C\C/C=C\CCCCC)OC(=O)CCCCCCCCC/C=C\C/C=C\C/C=C\C/C=C\C/C=C\CC. The second-order valence-corrected chi connectivity index (χ2v) is 35.7. The van der Waals surface area contributed by atoms with E-state index in [9.17, 15) is 43.5 Å². The Morgan fingerprint density at radius 1 is 0.236 bits per heavy atom. The van der Waals surface area contributed by atoms with Gasteiger partial charge in [0, 0.05) is 19.3 Å². The molecule has 0 aromatic heterocycles. The third-order valence-corrected chi connectivity index (χ3v) is 22.8. The molecular weight excluding hydrogens is 1580 g/mol. The van der Waals surface area contributed by atoms with Crippen molar-refractivity contribution in [3.05, 3.63) is 170 Å². The Hall–Kier alpha value is -5.09. The number of carbonyl (C=O) groups excluding carboxylic acids is 3. The smallest absolute Gasteiger partial charge is 0.463 e. The molecule has 5 atom stereocenters. The van der Waals surface area contributed by atoms with Crippen molar-refractivity contribution in [2.24, 2.45) is 0 Å². The van der Waals surface area contributed by atoms with Crippen molar-refractivity contribution in [1.29, 1.82) is 0 Å². The van der Waals surface area contributed by atoms with E-state index >= 15 is 0 Å². The molecule has 0 saturated heterocycles. The van der Waals surface area contributed by atoms with Crippen LogP contribution >= 0.6 is 15.6 Å². The zero-order valence-electron chi connectivity index (χ0n) is 78.1. The molecule has 0 aliphatic heterocycles. The van der Waals surface area contributed by atoms with Crippen LogP contribution in [0.3, 0.4) is 0 Å². The molecule has 123 heavy (non-hydrogen) atoms. The van der Waals surface area contributed by atoms with Gasteiger partial charge in [-0.3, -0.25) is 32.5 Å². The first-order valence-corrected chi connectivity index (χ1v) is 52.4. The van der Waals surface area contributed by atoms with E-state index in [1.54, 1.807) is 0 Å². The van der Waals surface area contributed by atoms with Gasteiger partial charge in [0.1, 0.15) is 25.4 Å². The molecular formula is C105H180O16P2. The number of phosphoric ester groups is 2. The summed E-state index contributed by atoms with van der Waals surface area (Å²) in [5, 5.41) is 20.8. The van der Waals surface area contributed by atoms with Crippen LogP contribution in [0.2, 0.25) is 0 Å². The minimum Gasteiger partial charge on any atom is -0.463 e. The van der Waals surface area contributed by atoms with E-state index in [2.05, 4.69) is 191 Å². The summed E-state index contributed by atoms with van der Waals surface area (Å²) in [5.41, 5.74) is 0. The molecule has 0 aromatic carbocycles. The minimum absolute atomic E-state index is 0.0875. The van der Waals surface area contributed by atoms with E-state index in [0.717, 1.165) is 180 Å². The summed E-state index contributed by atoms with van der Waals surface area (Å²) in [4.78, 5) is 59.1. The van der Waals surface area contributed by atoms with Gasteiger partial charge in [-0.25, -0.2) is 9.13 Å².